The third kappa shape index (κ3) is 4.17. The maximum absolute atomic E-state index is 12.9. The average Bonchev–Trinajstić information content (AvgIpc) is 3.20. The van der Waals surface area contributed by atoms with Gasteiger partial charge in [-0.05, 0) is 30.9 Å². The zero-order chi connectivity index (χ0) is 20.3. The number of methoxy groups -OCH3 is 1. The molecule has 2 aliphatic rings. The summed E-state index contributed by atoms with van der Waals surface area (Å²) in [5.74, 6) is 0.308. The van der Waals surface area contributed by atoms with E-state index in [1.807, 2.05) is 0 Å². The number of allylic oxidation sites excluding steroid dienone is 2. The van der Waals surface area contributed by atoms with Gasteiger partial charge >= 0.3 is 5.69 Å². The highest BCUT2D eigenvalue weighted by Crippen LogP contribution is 2.31. The van der Waals surface area contributed by atoms with Crippen LogP contribution in [-0.4, -0.2) is 61.7 Å². The van der Waals surface area contributed by atoms with Crippen molar-refractivity contribution in [1.82, 2.24) is 9.21 Å². The standard InChI is InChI=1S/C18H23N3O6S/c1-27-17-7-6-15(13-16(17)21(23)24)28(25,26)20-10-8-19(9-11-20)18(22)12-14-4-2-3-5-14/h2,4,6-7,13-14H,3,5,8-12H2,1H3/t14-/m0/s1. The van der Waals surface area contributed by atoms with Gasteiger partial charge in [0.2, 0.25) is 15.9 Å². The number of nitro groups is 1. The fraction of sp³-hybridized carbons (Fsp3) is 0.500. The number of sulfonamides is 1. The summed E-state index contributed by atoms with van der Waals surface area (Å²) in [5.41, 5.74) is -0.401. The predicted octanol–water partition coefficient (Wildman–Crippen LogP) is 1.79. The minimum absolute atomic E-state index is 0.000304. The summed E-state index contributed by atoms with van der Waals surface area (Å²) >= 11 is 0. The molecule has 1 saturated heterocycles. The normalized spacial score (nSPS) is 20.3. The second-order valence-corrected chi connectivity index (χ2v) is 8.78. The van der Waals surface area contributed by atoms with Gasteiger partial charge in [-0.3, -0.25) is 14.9 Å². The molecule has 0 N–H and O–H groups in total. The van der Waals surface area contributed by atoms with Crippen molar-refractivity contribution in [3.63, 3.8) is 0 Å². The number of carbonyl (C=O) groups is 1. The van der Waals surface area contributed by atoms with Gasteiger partial charge in [0.15, 0.2) is 5.75 Å². The van der Waals surface area contributed by atoms with Gasteiger partial charge in [-0.15, -0.1) is 0 Å². The molecule has 0 aromatic heterocycles. The summed E-state index contributed by atoms with van der Waals surface area (Å²) in [5, 5.41) is 11.2. The first-order valence-corrected chi connectivity index (χ1v) is 10.5. The number of carbonyl (C=O) groups excluding carboxylic acids is 1. The van der Waals surface area contributed by atoms with Gasteiger partial charge in [0.05, 0.1) is 16.9 Å². The van der Waals surface area contributed by atoms with E-state index in [0.29, 0.717) is 19.5 Å². The van der Waals surface area contributed by atoms with Crippen molar-refractivity contribution >= 4 is 21.6 Å². The van der Waals surface area contributed by atoms with E-state index >= 15 is 0 Å². The van der Waals surface area contributed by atoms with Gasteiger partial charge in [-0.1, -0.05) is 12.2 Å². The van der Waals surface area contributed by atoms with E-state index in [-0.39, 0.29) is 35.6 Å². The first-order valence-electron chi connectivity index (χ1n) is 9.10. The summed E-state index contributed by atoms with van der Waals surface area (Å²) in [6.07, 6.45) is 6.58. The molecule has 0 bridgehead atoms. The topological polar surface area (TPSA) is 110 Å². The van der Waals surface area contributed by atoms with E-state index < -0.39 is 20.6 Å². The predicted molar refractivity (Wildman–Crippen MR) is 101 cm³/mol. The van der Waals surface area contributed by atoms with Crippen LogP contribution in [0.2, 0.25) is 0 Å². The molecule has 1 fully saturated rings. The van der Waals surface area contributed by atoms with E-state index in [1.165, 1.54) is 23.5 Å². The largest absolute Gasteiger partial charge is 0.490 e. The van der Waals surface area contributed by atoms with Crippen LogP contribution < -0.4 is 4.74 Å². The molecule has 1 aliphatic heterocycles. The number of nitrogens with zero attached hydrogens (tertiary/aromatic N) is 3. The monoisotopic (exact) mass is 409 g/mol. The van der Waals surface area contributed by atoms with Crippen LogP contribution in [0.3, 0.4) is 0 Å². The molecule has 152 valence electrons. The number of hydrogen-bond donors (Lipinski definition) is 0. The second kappa shape index (κ2) is 8.27. The number of ether oxygens (including phenoxy) is 1. The molecule has 1 atom stereocenters. The fourth-order valence-corrected chi connectivity index (χ4v) is 4.96. The third-order valence-corrected chi connectivity index (χ3v) is 7.02. The maximum Gasteiger partial charge on any atom is 0.312 e. The molecular formula is C18H23N3O6S. The molecule has 10 heteroatoms. The Balaban J connectivity index is 1.67. The zero-order valence-corrected chi connectivity index (χ0v) is 16.4. The number of nitro benzene ring substituents is 1. The highest BCUT2D eigenvalue weighted by molar-refractivity contribution is 7.89. The molecule has 0 spiro atoms. The summed E-state index contributed by atoms with van der Waals surface area (Å²) in [6, 6.07) is 3.59. The lowest BCUT2D eigenvalue weighted by Gasteiger charge is -2.34. The highest BCUT2D eigenvalue weighted by atomic mass is 32.2. The minimum atomic E-state index is -3.89. The Morgan fingerprint density at radius 3 is 2.57 bits per heavy atom. The lowest BCUT2D eigenvalue weighted by Crippen LogP contribution is -2.50. The fourth-order valence-electron chi connectivity index (χ4n) is 3.52. The van der Waals surface area contributed by atoms with Crippen LogP contribution in [0.1, 0.15) is 19.3 Å². The number of hydrogen-bond acceptors (Lipinski definition) is 6. The van der Waals surface area contributed by atoms with Crippen molar-refractivity contribution in [2.75, 3.05) is 33.3 Å². The van der Waals surface area contributed by atoms with Gasteiger partial charge in [0.1, 0.15) is 0 Å². The quantitative estimate of drug-likeness (QED) is 0.402. The van der Waals surface area contributed by atoms with E-state index in [0.717, 1.165) is 18.9 Å². The Labute approximate surface area is 163 Å². The molecule has 0 saturated carbocycles. The van der Waals surface area contributed by atoms with Crippen molar-refractivity contribution in [3.05, 3.63) is 40.5 Å². The number of piperazine rings is 1. The van der Waals surface area contributed by atoms with Crippen molar-refractivity contribution in [2.24, 2.45) is 5.92 Å². The van der Waals surface area contributed by atoms with Crippen molar-refractivity contribution < 1.29 is 22.9 Å². The van der Waals surface area contributed by atoms with Gasteiger partial charge < -0.3 is 9.64 Å². The Morgan fingerprint density at radius 1 is 1.29 bits per heavy atom. The van der Waals surface area contributed by atoms with Gasteiger partial charge in [-0.25, -0.2) is 8.42 Å². The van der Waals surface area contributed by atoms with E-state index in [9.17, 15) is 23.3 Å². The molecule has 0 radical (unpaired) electrons. The number of benzene rings is 1. The van der Waals surface area contributed by atoms with Crippen LogP contribution in [0.25, 0.3) is 0 Å². The molecule has 1 aliphatic carbocycles. The lowest BCUT2D eigenvalue weighted by atomic mass is 10.0. The smallest absolute Gasteiger partial charge is 0.312 e. The van der Waals surface area contributed by atoms with Gasteiger partial charge in [0.25, 0.3) is 0 Å². The van der Waals surface area contributed by atoms with E-state index in [4.69, 9.17) is 4.74 Å². The first kappa shape index (κ1) is 20.3. The molecule has 1 aromatic carbocycles. The van der Waals surface area contributed by atoms with Crippen LogP contribution >= 0.6 is 0 Å². The number of amides is 1. The second-order valence-electron chi connectivity index (χ2n) is 6.85. The first-order chi connectivity index (χ1) is 13.3. The average molecular weight is 409 g/mol. The SMILES string of the molecule is COc1ccc(S(=O)(=O)N2CCN(C(=O)C[C@H]3C=CCC3)CC2)cc1[N+](=O)[O-]. The van der Waals surface area contributed by atoms with Crippen LogP contribution in [0.4, 0.5) is 5.69 Å². The number of rotatable bonds is 6. The Hall–Kier alpha value is -2.46. The molecule has 9 nitrogen and oxygen atoms in total. The molecule has 28 heavy (non-hydrogen) atoms. The van der Waals surface area contributed by atoms with Crippen LogP contribution in [0.5, 0.6) is 5.75 Å². The Bertz CT molecular complexity index is 891. The van der Waals surface area contributed by atoms with Crippen molar-refractivity contribution in [2.45, 2.75) is 24.2 Å². The van der Waals surface area contributed by atoms with Gasteiger partial charge in [0, 0.05) is 38.7 Å². The van der Waals surface area contributed by atoms with Crippen LogP contribution in [0.15, 0.2) is 35.2 Å². The van der Waals surface area contributed by atoms with Crippen molar-refractivity contribution in [1.29, 1.82) is 0 Å². The maximum atomic E-state index is 12.9. The molecule has 1 amide bonds. The minimum Gasteiger partial charge on any atom is -0.490 e. The Morgan fingerprint density at radius 2 is 2.00 bits per heavy atom. The third-order valence-electron chi connectivity index (χ3n) is 5.13. The molecular weight excluding hydrogens is 386 g/mol. The lowest BCUT2D eigenvalue weighted by molar-refractivity contribution is -0.386. The molecule has 3 rings (SSSR count). The van der Waals surface area contributed by atoms with Crippen LogP contribution in [0, 0.1) is 16.0 Å². The Kier molecular flexibility index (Phi) is 5.99. The van der Waals surface area contributed by atoms with Gasteiger partial charge in [-0.2, -0.15) is 4.31 Å². The summed E-state index contributed by atoms with van der Waals surface area (Å²) in [4.78, 5) is 24.4. The highest BCUT2D eigenvalue weighted by Gasteiger charge is 2.32. The van der Waals surface area contributed by atoms with E-state index in [2.05, 4.69) is 12.2 Å². The summed E-state index contributed by atoms with van der Waals surface area (Å²) < 4.78 is 31.9. The van der Waals surface area contributed by atoms with E-state index in [1.54, 1.807) is 4.90 Å². The summed E-state index contributed by atoms with van der Waals surface area (Å²) in [7, 11) is -2.60. The molecule has 0 unspecified atom stereocenters. The zero-order valence-electron chi connectivity index (χ0n) is 15.6. The summed E-state index contributed by atoms with van der Waals surface area (Å²) in [6.45, 7) is 0.947. The molecule has 1 aromatic rings. The van der Waals surface area contributed by atoms with Crippen molar-refractivity contribution in [3.8, 4) is 5.75 Å². The van der Waals surface area contributed by atoms with Crippen LogP contribution in [-0.2, 0) is 14.8 Å². The molecule has 1 heterocycles.